The molecular formula is C32H33N5O3S3. The van der Waals surface area contributed by atoms with Crippen molar-refractivity contribution in [2.75, 3.05) is 11.9 Å². The van der Waals surface area contributed by atoms with Crippen molar-refractivity contribution in [1.29, 1.82) is 0 Å². The number of benzene rings is 1. The van der Waals surface area contributed by atoms with Crippen molar-refractivity contribution in [3.8, 4) is 21.8 Å². The lowest BCUT2D eigenvalue weighted by Gasteiger charge is -2.23. The second kappa shape index (κ2) is 10.1. The molecule has 0 atom stereocenters. The van der Waals surface area contributed by atoms with Crippen LogP contribution < -0.4 is 10.0 Å². The average Bonchev–Trinajstić information content (AvgIpc) is 3.65. The minimum Gasteiger partial charge on any atom is -0.382 e. The Balaban J connectivity index is 1.28. The fraction of sp³-hybridized carbons (Fsp3) is 0.406. The number of hydrogen-bond donors (Lipinski definition) is 2. The second-order valence-electron chi connectivity index (χ2n) is 12.1. The molecule has 8 rings (SSSR count). The van der Waals surface area contributed by atoms with Crippen LogP contribution in [0.5, 0.6) is 0 Å². The molecule has 0 bridgehead atoms. The minimum atomic E-state index is -3.61. The molecule has 2 N–H and O–H groups in total. The maximum Gasteiger partial charge on any atom is 0.274 e. The van der Waals surface area contributed by atoms with Gasteiger partial charge in [0, 0.05) is 24.0 Å². The number of thiazole rings is 1. The summed E-state index contributed by atoms with van der Waals surface area (Å²) < 4.78 is 30.9. The Morgan fingerprint density at radius 1 is 1.02 bits per heavy atom. The summed E-state index contributed by atoms with van der Waals surface area (Å²) in [5.74, 6) is -0.111. The van der Waals surface area contributed by atoms with E-state index >= 15 is 0 Å². The maximum absolute atomic E-state index is 13.2. The number of fused-ring (bicyclic) bond motifs is 7. The number of hydrogen-bond acceptors (Lipinski definition) is 8. The van der Waals surface area contributed by atoms with Crippen molar-refractivity contribution in [2.24, 2.45) is 0 Å². The molecule has 2 saturated carbocycles. The summed E-state index contributed by atoms with van der Waals surface area (Å²) in [6.07, 6.45) is 7.13. The third-order valence-corrected chi connectivity index (χ3v) is 13.2. The number of nitrogens with zero attached hydrogens (tertiary/aromatic N) is 3. The van der Waals surface area contributed by atoms with Crippen LogP contribution in [0.25, 0.3) is 42.9 Å². The van der Waals surface area contributed by atoms with Gasteiger partial charge in [-0.25, -0.2) is 23.1 Å². The van der Waals surface area contributed by atoms with Crippen LogP contribution in [0.1, 0.15) is 76.8 Å². The van der Waals surface area contributed by atoms with Crippen molar-refractivity contribution in [2.45, 2.75) is 76.5 Å². The summed E-state index contributed by atoms with van der Waals surface area (Å²) >= 11 is 3.12. The van der Waals surface area contributed by atoms with E-state index in [1.165, 1.54) is 41.9 Å². The number of carbonyl (C=O) groups excluding carboxylic acids is 1. The number of aromatic nitrogens is 3. The normalized spacial score (nSPS) is 17.4. The van der Waals surface area contributed by atoms with Gasteiger partial charge in [0.2, 0.25) is 10.0 Å². The summed E-state index contributed by atoms with van der Waals surface area (Å²) in [6.45, 7) is 5.55. The SMILES string of the molecule is Cc1nc(C)c(-c2ccc3c4c(ccc3n2)-c2c(C3CCCCC3)c3sc(C(=O)NS(=O)(=O)C5CC5)cc3n2CCN4)s1. The fourth-order valence-corrected chi connectivity index (χ4v) is 10.4. The van der Waals surface area contributed by atoms with E-state index in [9.17, 15) is 13.2 Å². The average molecular weight is 632 g/mol. The summed E-state index contributed by atoms with van der Waals surface area (Å²) in [7, 11) is -3.61. The van der Waals surface area contributed by atoms with E-state index in [0.29, 0.717) is 23.6 Å². The van der Waals surface area contributed by atoms with Crippen molar-refractivity contribution in [3.05, 3.63) is 51.5 Å². The number of aryl methyl sites for hydroxylation is 2. The third kappa shape index (κ3) is 4.58. The van der Waals surface area contributed by atoms with Crippen LogP contribution in [0, 0.1) is 13.8 Å². The zero-order valence-electron chi connectivity index (χ0n) is 24.2. The molecular weight excluding hydrogens is 599 g/mol. The lowest BCUT2D eigenvalue weighted by molar-refractivity contribution is 0.0985. The fourth-order valence-electron chi connectivity index (χ4n) is 6.97. The first-order valence-corrected chi connectivity index (χ1v) is 18.3. The lowest BCUT2D eigenvalue weighted by Crippen LogP contribution is -2.32. The van der Waals surface area contributed by atoms with Crippen molar-refractivity contribution >= 4 is 65.4 Å². The van der Waals surface area contributed by atoms with Crippen LogP contribution in [0.4, 0.5) is 5.69 Å². The van der Waals surface area contributed by atoms with E-state index in [1.54, 1.807) is 11.3 Å². The highest BCUT2D eigenvalue weighted by Gasteiger charge is 2.38. The Kier molecular flexibility index (Phi) is 6.43. The molecule has 0 unspecified atom stereocenters. The maximum atomic E-state index is 13.2. The second-order valence-corrected chi connectivity index (χ2v) is 16.3. The third-order valence-electron chi connectivity index (χ3n) is 9.11. The van der Waals surface area contributed by atoms with Crippen LogP contribution >= 0.6 is 22.7 Å². The summed E-state index contributed by atoms with van der Waals surface area (Å²) in [6, 6.07) is 10.5. The number of pyridine rings is 1. The van der Waals surface area contributed by atoms with Gasteiger partial charge in [0.25, 0.3) is 5.91 Å². The molecule has 1 aliphatic heterocycles. The van der Waals surface area contributed by atoms with Crippen molar-refractivity contribution in [3.63, 3.8) is 0 Å². The minimum absolute atomic E-state index is 0.400. The summed E-state index contributed by atoms with van der Waals surface area (Å²) in [4.78, 5) is 24.4. The molecule has 8 nitrogen and oxygen atoms in total. The monoisotopic (exact) mass is 631 g/mol. The molecule has 222 valence electrons. The van der Waals surface area contributed by atoms with Gasteiger partial charge in [0.1, 0.15) is 0 Å². The van der Waals surface area contributed by atoms with Gasteiger partial charge in [0.05, 0.1) is 58.5 Å². The summed E-state index contributed by atoms with van der Waals surface area (Å²) in [5.41, 5.74) is 8.73. The van der Waals surface area contributed by atoms with Gasteiger partial charge in [-0.05, 0) is 81.3 Å². The van der Waals surface area contributed by atoms with Crippen LogP contribution in [-0.2, 0) is 16.6 Å². The predicted octanol–water partition coefficient (Wildman–Crippen LogP) is 7.35. The molecule has 1 amide bonds. The van der Waals surface area contributed by atoms with Gasteiger partial charge < -0.3 is 9.88 Å². The highest BCUT2D eigenvalue weighted by Crippen LogP contribution is 2.50. The Morgan fingerprint density at radius 2 is 1.84 bits per heavy atom. The topological polar surface area (TPSA) is 106 Å². The van der Waals surface area contributed by atoms with Gasteiger partial charge in [-0.1, -0.05) is 19.3 Å². The van der Waals surface area contributed by atoms with E-state index in [4.69, 9.17) is 4.98 Å². The van der Waals surface area contributed by atoms with Crippen molar-refractivity contribution in [1.82, 2.24) is 19.3 Å². The molecule has 0 radical (unpaired) electrons. The van der Waals surface area contributed by atoms with Gasteiger partial charge in [-0.3, -0.25) is 4.79 Å². The molecule has 2 aliphatic carbocycles. The van der Waals surface area contributed by atoms with Crippen LogP contribution in [0.15, 0.2) is 30.3 Å². The number of nitrogens with one attached hydrogen (secondary N) is 2. The molecule has 3 aliphatic rings. The van der Waals surface area contributed by atoms with E-state index in [-0.39, 0.29) is 0 Å². The van der Waals surface area contributed by atoms with Gasteiger partial charge >= 0.3 is 0 Å². The van der Waals surface area contributed by atoms with Crippen LogP contribution in [-0.4, -0.2) is 40.7 Å². The highest BCUT2D eigenvalue weighted by molar-refractivity contribution is 7.91. The predicted molar refractivity (Wildman–Crippen MR) is 175 cm³/mol. The van der Waals surface area contributed by atoms with Gasteiger partial charge in [-0.15, -0.1) is 22.7 Å². The van der Waals surface area contributed by atoms with E-state index < -0.39 is 21.2 Å². The molecule has 4 aromatic heterocycles. The van der Waals surface area contributed by atoms with E-state index in [2.05, 4.69) is 43.9 Å². The number of rotatable bonds is 5. The van der Waals surface area contributed by atoms with Gasteiger partial charge in [-0.2, -0.15) is 0 Å². The zero-order valence-corrected chi connectivity index (χ0v) is 26.6. The number of anilines is 1. The Hall–Kier alpha value is -3.28. The Morgan fingerprint density at radius 3 is 2.58 bits per heavy atom. The molecule has 5 aromatic rings. The van der Waals surface area contributed by atoms with E-state index in [0.717, 1.165) is 79.6 Å². The molecule has 0 saturated heterocycles. The lowest BCUT2D eigenvalue weighted by atomic mass is 9.83. The quantitative estimate of drug-likeness (QED) is 0.210. The Labute approximate surface area is 258 Å². The highest BCUT2D eigenvalue weighted by atomic mass is 32.2. The first kappa shape index (κ1) is 27.3. The Bertz CT molecular complexity index is 2050. The molecule has 11 heteroatoms. The smallest absolute Gasteiger partial charge is 0.274 e. The number of sulfonamides is 1. The van der Waals surface area contributed by atoms with E-state index in [1.807, 2.05) is 19.9 Å². The number of thiophene rings is 1. The van der Waals surface area contributed by atoms with Crippen LogP contribution in [0.2, 0.25) is 0 Å². The zero-order chi connectivity index (χ0) is 29.5. The molecule has 5 heterocycles. The molecule has 1 aromatic carbocycles. The molecule has 0 spiro atoms. The molecule has 2 fully saturated rings. The summed E-state index contributed by atoms with van der Waals surface area (Å²) in [5, 5.41) is 5.43. The van der Waals surface area contributed by atoms with Crippen molar-refractivity contribution < 1.29 is 13.2 Å². The standard InChI is InChI=1S/C32H33N5O3S3/c1-17-30(41-18(2)34-17)24-13-10-21-23(35-24)12-11-22-28(21)33-14-15-37-25-16-26(32(38)36-43(39,40)20-8-9-20)42-31(25)27(29(22)37)19-6-4-3-5-7-19/h10-13,16,19-20,33H,3-9,14-15H2,1-2H3,(H,36,38). The first-order valence-electron chi connectivity index (χ1n) is 15.1. The largest absolute Gasteiger partial charge is 0.382 e. The number of carbonyl (C=O) groups is 1. The number of amides is 1. The first-order chi connectivity index (χ1) is 20.8. The molecule has 43 heavy (non-hydrogen) atoms. The van der Waals surface area contributed by atoms with Gasteiger partial charge in [0.15, 0.2) is 0 Å². The van der Waals surface area contributed by atoms with Crippen LogP contribution in [0.3, 0.4) is 0 Å².